The Balaban J connectivity index is 1.40. The zero-order valence-electron chi connectivity index (χ0n) is 13.7. The van der Waals surface area contributed by atoms with Crippen molar-refractivity contribution in [3.8, 4) is 0 Å². The van der Waals surface area contributed by atoms with Crippen molar-refractivity contribution in [3.63, 3.8) is 0 Å². The topological polar surface area (TPSA) is 57.3 Å². The zero-order chi connectivity index (χ0) is 15.7. The van der Waals surface area contributed by atoms with Crippen molar-refractivity contribution in [3.05, 3.63) is 18.3 Å². The maximum absolute atomic E-state index is 12.6. The summed E-state index contributed by atoms with van der Waals surface area (Å²) < 4.78 is 0. The van der Waals surface area contributed by atoms with Crippen LogP contribution in [-0.2, 0) is 4.79 Å². The molecule has 23 heavy (non-hydrogen) atoms. The third-order valence-electron chi connectivity index (χ3n) is 5.74. The van der Waals surface area contributed by atoms with Gasteiger partial charge in [-0.1, -0.05) is 6.42 Å². The lowest BCUT2D eigenvalue weighted by Gasteiger charge is -2.30. The predicted octanol–water partition coefficient (Wildman–Crippen LogP) is 2.40. The Morgan fingerprint density at radius 3 is 2.91 bits per heavy atom. The van der Waals surface area contributed by atoms with E-state index < -0.39 is 0 Å². The second-order valence-corrected chi connectivity index (χ2v) is 7.42. The number of piperazine rings is 1. The standard InChI is InChI=1S/C18H26N4O/c23-17(14-2-1-4-18(13-14)5-6-18)21-16-12-15(3-7-20-16)22-10-8-19-9-11-22/h3,7,12,14,19H,1-2,4-6,8-11,13H2,(H,20,21,23). The molecule has 1 spiro atoms. The fraction of sp³-hybridized carbons (Fsp3) is 0.667. The van der Waals surface area contributed by atoms with E-state index in [0.717, 1.165) is 44.7 Å². The first-order valence-electron chi connectivity index (χ1n) is 8.97. The van der Waals surface area contributed by atoms with Crippen LogP contribution < -0.4 is 15.5 Å². The lowest BCUT2D eigenvalue weighted by atomic mass is 9.78. The molecule has 1 saturated heterocycles. The lowest BCUT2D eigenvalue weighted by Crippen LogP contribution is -2.43. The van der Waals surface area contributed by atoms with E-state index in [-0.39, 0.29) is 11.8 Å². The summed E-state index contributed by atoms with van der Waals surface area (Å²) in [5.74, 6) is 1.04. The normalized spacial score (nSPS) is 26.1. The number of rotatable bonds is 3. The second kappa shape index (κ2) is 6.11. The minimum atomic E-state index is 0.168. The van der Waals surface area contributed by atoms with E-state index in [1.807, 2.05) is 12.1 Å². The van der Waals surface area contributed by atoms with Crippen LogP contribution >= 0.6 is 0 Å². The highest BCUT2D eigenvalue weighted by molar-refractivity contribution is 5.92. The maximum Gasteiger partial charge on any atom is 0.228 e. The Bertz CT molecular complexity index is 578. The summed E-state index contributed by atoms with van der Waals surface area (Å²) in [6.07, 6.45) is 9.10. The molecule has 0 aromatic carbocycles. The average Bonchev–Trinajstić information content (AvgIpc) is 3.34. The molecule has 1 amide bonds. The minimum Gasteiger partial charge on any atom is -0.369 e. The zero-order valence-corrected chi connectivity index (χ0v) is 13.7. The Morgan fingerprint density at radius 2 is 2.13 bits per heavy atom. The number of anilines is 2. The maximum atomic E-state index is 12.6. The molecule has 3 aliphatic rings. The number of hydrogen-bond donors (Lipinski definition) is 2. The summed E-state index contributed by atoms with van der Waals surface area (Å²) in [7, 11) is 0. The van der Waals surface area contributed by atoms with E-state index in [1.54, 1.807) is 6.20 Å². The Hall–Kier alpha value is -1.62. The fourth-order valence-electron chi connectivity index (χ4n) is 4.14. The molecule has 5 heteroatoms. The summed E-state index contributed by atoms with van der Waals surface area (Å²) >= 11 is 0. The Kier molecular flexibility index (Phi) is 3.97. The van der Waals surface area contributed by atoms with Crippen LogP contribution in [0.4, 0.5) is 11.5 Å². The molecular formula is C18H26N4O. The molecule has 1 aromatic heterocycles. The van der Waals surface area contributed by atoms with Crippen molar-refractivity contribution in [2.24, 2.45) is 11.3 Å². The van der Waals surface area contributed by atoms with Crippen LogP contribution in [0, 0.1) is 11.3 Å². The predicted molar refractivity (Wildman–Crippen MR) is 91.6 cm³/mol. The van der Waals surface area contributed by atoms with Gasteiger partial charge in [-0.15, -0.1) is 0 Å². The number of amides is 1. The Morgan fingerprint density at radius 1 is 1.30 bits per heavy atom. The number of carbonyl (C=O) groups is 1. The number of aromatic nitrogens is 1. The van der Waals surface area contributed by atoms with E-state index in [9.17, 15) is 4.79 Å². The van der Waals surface area contributed by atoms with Gasteiger partial charge in [0.05, 0.1) is 0 Å². The van der Waals surface area contributed by atoms with E-state index in [2.05, 4.69) is 20.5 Å². The lowest BCUT2D eigenvalue weighted by molar-refractivity contribution is -0.121. The number of pyridine rings is 1. The first-order chi connectivity index (χ1) is 11.2. The monoisotopic (exact) mass is 314 g/mol. The van der Waals surface area contributed by atoms with Gasteiger partial charge in [0.2, 0.25) is 5.91 Å². The van der Waals surface area contributed by atoms with Crippen molar-refractivity contribution in [2.75, 3.05) is 36.4 Å². The van der Waals surface area contributed by atoms with Gasteiger partial charge < -0.3 is 15.5 Å². The van der Waals surface area contributed by atoms with Crippen LogP contribution in [0.25, 0.3) is 0 Å². The Labute approximate surface area is 137 Å². The van der Waals surface area contributed by atoms with Crippen LogP contribution in [0.15, 0.2) is 18.3 Å². The molecule has 1 aliphatic heterocycles. The molecular weight excluding hydrogens is 288 g/mol. The number of nitrogens with zero attached hydrogens (tertiary/aromatic N) is 2. The summed E-state index contributed by atoms with van der Waals surface area (Å²) in [6.45, 7) is 4.02. The second-order valence-electron chi connectivity index (χ2n) is 7.42. The van der Waals surface area contributed by atoms with Gasteiger partial charge in [-0.3, -0.25) is 4.79 Å². The first kappa shape index (κ1) is 14.9. The number of carbonyl (C=O) groups excluding carboxylic acids is 1. The fourth-order valence-corrected chi connectivity index (χ4v) is 4.14. The van der Waals surface area contributed by atoms with E-state index in [0.29, 0.717) is 11.2 Å². The molecule has 0 bridgehead atoms. The van der Waals surface area contributed by atoms with Crippen LogP contribution in [0.1, 0.15) is 38.5 Å². The molecule has 2 heterocycles. The van der Waals surface area contributed by atoms with E-state index in [4.69, 9.17) is 0 Å². The van der Waals surface area contributed by atoms with Gasteiger partial charge in [0.25, 0.3) is 0 Å². The van der Waals surface area contributed by atoms with Gasteiger partial charge in [0.1, 0.15) is 5.82 Å². The van der Waals surface area contributed by atoms with Crippen LogP contribution in [0.2, 0.25) is 0 Å². The molecule has 4 rings (SSSR count). The van der Waals surface area contributed by atoms with Crippen LogP contribution in [0.5, 0.6) is 0 Å². The van der Waals surface area contributed by atoms with E-state index >= 15 is 0 Å². The van der Waals surface area contributed by atoms with Crippen molar-refractivity contribution < 1.29 is 4.79 Å². The number of hydrogen-bond acceptors (Lipinski definition) is 4. The van der Waals surface area contributed by atoms with Gasteiger partial charge >= 0.3 is 0 Å². The SMILES string of the molecule is O=C(Nc1cc(N2CCNCC2)ccn1)C1CCCC2(CC2)C1. The molecule has 2 saturated carbocycles. The molecule has 3 fully saturated rings. The molecule has 124 valence electrons. The molecule has 2 aliphatic carbocycles. The third-order valence-corrected chi connectivity index (χ3v) is 5.74. The number of nitrogens with one attached hydrogen (secondary N) is 2. The summed E-state index contributed by atoms with van der Waals surface area (Å²) in [5, 5.41) is 6.43. The highest BCUT2D eigenvalue weighted by Gasteiger charge is 2.47. The minimum absolute atomic E-state index is 0.168. The summed E-state index contributed by atoms with van der Waals surface area (Å²) in [4.78, 5) is 19.3. The quantitative estimate of drug-likeness (QED) is 0.899. The van der Waals surface area contributed by atoms with Gasteiger partial charge in [-0.2, -0.15) is 0 Å². The summed E-state index contributed by atoms with van der Waals surface area (Å²) in [5.41, 5.74) is 1.68. The van der Waals surface area contributed by atoms with Gasteiger partial charge in [-0.25, -0.2) is 4.98 Å². The van der Waals surface area contributed by atoms with Crippen LogP contribution in [0.3, 0.4) is 0 Å². The molecule has 2 N–H and O–H groups in total. The average molecular weight is 314 g/mol. The molecule has 1 atom stereocenters. The van der Waals surface area contributed by atoms with Gasteiger partial charge in [0, 0.05) is 50.0 Å². The highest BCUT2D eigenvalue weighted by Crippen LogP contribution is 2.57. The van der Waals surface area contributed by atoms with Gasteiger partial charge in [-0.05, 0) is 43.6 Å². The summed E-state index contributed by atoms with van der Waals surface area (Å²) in [6, 6.07) is 4.04. The van der Waals surface area contributed by atoms with Crippen LogP contribution in [-0.4, -0.2) is 37.1 Å². The van der Waals surface area contributed by atoms with Crippen molar-refractivity contribution in [1.82, 2.24) is 10.3 Å². The highest BCUT2D eigenvalue weighted by atomic mass is 16.1. The smallest absolute Gasteiger partial charge is 0.228 e. The molecule has 5 nitrogen and oxygen atoms in total. The van der Waals surface area contributed by atoms with Crippen molar-refractivity contribution in [2.45, 2.75) is 38.5 Å². The molecule has 1 unspecified atom stereocenters. The first-order valence-corrected chi connectivity index (χ1v) is 8.97. The van der Waals surface area contributed by atoms with Crippen molar-refractivity contribution in [1.29, 1.82) is 0 Å². The van der Waals surface area contributed by atoms with Crippen molar-refractivity contribution >= 4 is 17.4 Å². The van der Waals surface area contributed by atoms with E-state index in [1.165, 1.54) is 25.7 Å². The molecule has 1 aromatic rings. The third kappa shape index (κ3) is 3.34. The largest absolute Gasteiger partial charge is 0.369 e. The molecule has 0 radical (unpaired) electrons. The van der Waals surface area contributed by atoms with Gasteiger partial charge in [0.15, 0.2) is 0 Å².